The van der Waals surface area contributed by atoms with E-state index in [-0.39, 0.29) is 34.1 Å². The average Bonchev–Trinajstić information content (AvgIpc) is 2.99. The Kier molecular flexibility index (Phi) is 4.29. The van der Waals surface area contributed by atoms with E-state index in [1.54, 1.807) is 24.3 Å². The van der Waals surface area contributed by atoms with E-state index in [9.17, 15) is 20.7 Å². The number of hydrogen-bond acceptors (Lipinski definition) is 6. The summed E-state index contributed by atoms with van der Waals surface area (Å²) in [5, 5.41) is 42.3. The van der Waals surface area contributed by atoms with E-state index in [4.69, 9.17) is 5.73 Å². The van der Waals surface area contributed by atoms with Gasteiger partial charge >= 0.3 is 0 Å². The van der Waals surface area contributed by atoms with Crippen molar-refractivity contribution < 1.29 is 10.2 Å². The van der Waals surface area contributed by atoms with Crippen molar-refractivity contribution in [3.8, 4) is 29.3 Å². The van der Waals surface area contributed by atoms with Gasteiger partial charge in [0.1, 0.15) is 23.4 Å². The minimum atomic E-state index is -0.312. The molecule has 0 spiro atoms. The lowest BCUT2D eigenvalue weighted by atomic mass is 10.0. The molecule has 2 aromatic carbocycles. The van der Waals surface area contributed by atoms with Gasteiger partial charge in [0, 0.05) is 0 Å². The largest absolute Gasteiger partial charge is 0.504 e. The first-order valence-corrected chi connectivity index (χ1v) is 7.53. The highest BCUT2D eigenvalue weighted by Crippen LogP contribution is 2.30. The maximum Gasteiger partial charge on any atom is 0.164 e. The van der Waals surface area contributed by atoms with Crippen LogP contribution in [0.4, 0.5) is 5.82 Å². The molecule has 0 fully saturated rings. The summed E-state index contributed by atoms with van der Waals surface area (Å²) in [5.41, 5.74) is 7.45. The Morgan fingerprint density at radius 3 is 2.42 bits per heavy atom. The number of nitrogens with two attached hydrogens (primary N) is 1. The number of allylic oxidation sites excluding steroid dienone is 1. The molecule has 7 nitrogen and oxygen atoms in total. The Morgan fingerprint density at radius 1 is 1.08 bits per heavy atom. The second kappa shape index (κ2) is 6.71. The molecule has 0 atom stereocenters. The maximum absolute atomic E-state index is 9.64. The van der Waals surface area contributed by atoms with Crippen LogP contribution in [0.25, 0.3) is 17.3 Å². The highest BCUT2D eigenvalue weighted by Gasteiger charge is 2.20. The first-order valence-electron chi connectivity index (χ1n) is 7.53. The molecule has 0 unspecified atom stereocenters. The number of nitrogens with zero attached hydrogens (tertiary/aromatic N) is 4. The molecule has 126 valence electrons. The van der Waals surface area contributed by atoms with E-state index in [1.807, 2.05) is 18.2 Å². The predicted octanol–water partition coefficient (Wildman–Crippen LogP) is 2.80. The van der Waals surface area contributed by atoms with Crippen molar-refractivity contribution in [2.45, 2.75) is 0 Å². The van der Waals surface area contributed by atoms with Crippen LogP contribution in [-0.2, 0) is 0 Å². The molecule has 0 aliphatic heterocycles. The van der Waals surface area contributed by atoms with Crippen molar-refractivity contribution in [3.05, 3.63) is 65.4 Å². The van der Waals surface area contributed by atoms with Crippen LogP contribution in [0.5, 0.6) is 11.5 Å². The molecular formula is C19H13N5O2. The molecule has 0 saturated heterocycles. The van der Waals surface area contributed by atoms with Gasteiger partial charge in [-0.3, -0.25) is 0 Å². The number of benzene rings is 2. The molecule has 3 rings (SSSR count). The van der Waals surface area contributed by atoms with E-state index >= 15 is 0 Å². The van der Waals surface area contributed by atoms with Crippen molar-refractivity contribution in [1.82, 2.24) is 9.78 Å². The van der Waals surface area contributed by atoms with Crippen LogP contribution in [0.15, 0.2) is 48.5 Å². The minimum absolute atomic E-state index is 0.0149. The number of nitriles is 2. The van der Waals surface area contributed by atoms with Gasteiger partial charge in [-0.25, -0.2) is 4.68 Å². The summed E-state index contributed by atoms with van der Waals surface area (Å²) in [4.78, 5) is 0. The van der Waals surface area contributed by atoms with Crippen molar-refractivity contribution in [1.29, 1.82) is 10.5 Å². The third kappa shape index (κ3) is 2.93. The standard InChI is InChI=1S/C19H13N5O2/c20-10-13(8-12-6-7-16(25)17(26)9-12)18-15(11-21)19(22)23-24(18)14-4-2-1-3-5-14/h1-9,25-26H,(H2,22,23)/b13-8+. The molecule has 0 saturated carbocycles. The van der Waals surface area contributed by atoms with Crippen molar-refractivity contribution in [2.24, 2.45) is 0 Å². The van der Waals surface area contributed by atoms with Crippen molar-refractivity contribution in [3.63, 3.8) is 0 Å². The number of aromatic nitrogens is 2. The summed E-state index contributed by atoms with van der Waals surface area (Å²) in [6.45, 7) is 0. The van der Waals surface area contributed by atoms with Gasteiger partial charge in [0.25, 0.3) is 0 Å². The highest BCUT2D eigenvalue weighted by atomic mass is 16.3. The topological polar surface area (TPSA) is 132 Å². The minimum Gasteiger partial charge on any atom is -0.504 e. The number of anilines is 1. The van der Waals surface area contributed by atoms with Gasteiger partial charge in [-0.2, -0.15) is 10.5 Å². The van der Waals surface area contributed by atoms with Crippen LogP contribution >= 0.6 is 0 Å². The van der Waals surface area contributed by atoms with Gasteiger partial charge in [0.05, 0.1) is 11.3 Å². The third-order valence-corrected chi connectivity index (χ3v) is 3.71. The van der Waals surface area contributed by atoms with Crippen LogP contribution < -0.4 is 5.73 Å². The fourth-order valence-electron chi connectivity index (χ4n) is 2.50. The van der Waals surface area contributed by atoms with E-state index < -0.39 is 0 Å². The Balaban J connectivity index is 2.23. The Morgan fingerprint density at radius 2 is 1.81 bits per heavy atom. The smallest absolute Gasteiger partial charge is 0.164 e. The zero-order valence-corrected chi connectivity index (χ0v) is 13.5. The molecule has 0 aliphatic rings. The first-order chi connectivity index (χ1) is 12.5. The summed E-state index contributed by atoms with van der Waals surface area (Å²) in [6, 6.07) is 17.2. The molecule has 0 amide bonds. The van der Waals surface area contributed by atoms with Crippen LogP contribution in [0.3, 0.4) is 0 Å². The molecule has 0 aliphatic carbocycles. The second-order valence-electron chi connectivity index (χ2n) is 5.39. The molecule has 7 heteroatoms. The normalized spacial score (nSPS) is 10.9. The number of aromatic hydroxyl groups is 2. The monoisotopic (exact) mass is 343 g/mol. The van der Waals surface area contributed by atoms with E-state index in [2.05, 4.69) is 5.10 Å². The molecule has 0 radical (unpaired) electrons. The van der Waals surface area contributed by atoms with Crippen LogP contribution in [-0.4, -0.2) is 20.0 Å². The fraction of sp³-hybridized carbons (Fsp3) is 0. The quantitative estimate of drug-likeness (QED) is 0.495. The fourth-order valence-corrected chi connectivity index (χ4v) is 2.50. The van der Waals surface area contributed by atoms with Gasteiger partial charge in [-0.1, -0.05) is 24.3 Å². The lowest BCUT2D eigenvalue weighted by molar-refractivity contribution is 0.403. The van der Waals surface area contributed by atoms with E-state index in [0.717, 1.165) is 0 Å². The van der Waals surface area contributed by atoms with Gasteiger partial charge in [0.15, 0.2) is 17.3 Å². The van der Waals surface area contributed by atoms with Crippen LogP contribution in [0.1, 0.15) is 16.8 Å². The van der Waals surface area contributed by atoms with Gasteiger partial charge < -0.3 is 15.9 Å². The summed E-state index contributed by atoms with van der Waals surface area (Å²) >= 11 is 0. The lowest BCUT2D eigenvalue weighted by Crippen LogP contribution is -2.02. The number of hydrogen-bond donors (Lipinski definition) is 3. The summed E-state index contributed by atoms with van der Waals surface area (Å²) < 4.78 is 1.43. The molecule has 3 aromatic rings. The van der Waals surface area contributed by atoms with Gasteiger partial charge in [-0.05, 0) is 35.9 Å². The third-order valence-electron chi connectivity index (χ3n) is 3.71. The van der Waals surface area contributed by atoms with E-state index in [1.165, 1.54) is 29.0 Å². The number of phenolic OH excluding ortho intramolecular Hbond substituents is 2. The molecule has 1 aromatic heterocycles. The van der Waals surface area contributed by atoms with Crippen molar-refractivity contribution in [2.75, 3.05) is 5.73 Å². The maximum atomic E-state index is 9.64. The average molecular weight is 343 g/mol. The highest BCUT2D eigenvalue weighted by molar-refractivity contribution is 5.92. The van der Waals surface area contributed by atoms with Crippen molar-refractivity contribution >= 4 is 17.5 Å². The lowest BCUT2D eigenvalue weighted by Gasteiger charge is -2.07. The van der Waals surface area contributed by atoms with Gasteiger partial charge in [0.2, 0.25) is 0 Å². The number of nitrogen functional groups attached to an aromatic ring is 1. The predicted molar refractivity (Wildman–Crippen MR) is 95.9 cm³/mol. The molecule has 26 heavy (non-hydrogen) atoms. The molecule has 1 heterocycles. The SMILES string of the molecule is N#C/C(=C\c1ccc(O)c(O)c1)c1c(C#N)c(N)nn1-c1ccccc1. The van der Waals surface area contributed by atoms with E-state index in [0.29, 0.717) is 11.3 Å². The summed E-state index contributed by atoms with van der Waals surface area (Å²) in [7, 11) is 0. The second-order valence-corrected chi connectivity index (χ2v) is 5.39. The molecule has 4 N–H and O–H groups in total. The molecular weight excluding hydrogens is 330 g/mol. The molecule has 0 bridgehead atoms. The summed E-state index contributed by atoms with van der Waals surface area (Å²) in [6.07, 6.45) is 1.48. The zero-order valence-electron chi connectivity index (χ0n) is 13.5. The first kappa shape index (κ1) is 16.6. The number of para-hydroxylation sites is 1. The Bertz CT molecular complexity index is 1090. The van der Waals surface area contributed by atoms with Crippen LogP contribution in [0.2, 0.25) is 0 Å². The van der Waals surface area contributed by atoms with Crippen LogP contribution in [0, 0.1) is 22.7 Å². The number of rotatable bonds is 3. The Hall–Kier alpha value is -4.23. The zero-order chi connectivity index (χ0) is 18.7. The Labute approximate surface area is 149 Å². The summed E-state index contributed by atoms with van der Waals surface area (Å²) in [5.74, 6) is -0.564. The van der Waals surface area contributed by atoms with Gasteiger partial charge in [-0.15, -0.1) is 5.10 Å². The number of phenols is 2.